The molecule has 1 aromatic rings. The number of piperidine rings is 1. The molecule has 1 aromatic heterocycles. The summed E-state index contributed by atoms with van der Waals surface area (Å²) in [6.45, 7) is 1.77. The van der Waals surface area contributed by atoms with Crippen LogP contribution in [0.2, 0.25) is 0 Å². The SMILES string of the molecule is Cl.Cl.O=C(CNC(=O)c1ccccn1)N[C@H]1CCCNC1. The molecule has 21 heavy (non-hydrogen) atoms. The van der Waals surface area contributed by atoms with Gasteiger partial charge in [-0.05, 0) is 31.5 Å². The average molecular weight is 335 g/mol. The van der Waals surface area contributed by atoms with Crippen molar-refractivity contribution < 1.29 is 9.59 Å². The van der Waals surface area contributed by atoms with Crippen molar-refractivity contribution in [2.45, 2.75) is 18.9 Å². The van der Waals surface area contributed by atoms with Crippen LogP contribution in [0.1, 0.15) is 23.3 Å². The zero-order chi connectivity index (χ0) is 13.5. The summed E-state index contributed by atoms with van der Waals surface area (Å²) in [7, 11) is 0. The fourth-order valence-electron chi connectivity index (χ4n) is 2.00. The second-order valence-electron chi connectivity index (χ2n) is 4.51. The molecule has 0 radical (unpaired) electrons. The Morgan fingerprint density at radius 2 is 2.14 bits per heavy atom. The highest BCUT2D eigenvalue weighted by molar-refractivity contribution is 5.94. The molecule has 0 saturated carbocycles. The van der Waals surface area contributed by atoms with E-state index in [0.29, 0.717) is 5.69 Å². The van der Waals surface area contributed by atoms with Crippen LogP contribution >= 0.6 is 24.8 Å². The van der Waals surface area contributed by atoms with Gasteiger partial charge in [0.15, 0.2) is 0 Å². The lowest BCUT2D eigenvalue weighted by Gasteiger charge is -2.23. The normalized spacial score (nSPS) is 16.9. The van der Waals surface area contributed by atoms with Crippen LogP contribution < -0.4 is 16.0 Å². The maximum Gasteiger partial charge on any atom is 0.270 e. The zero-order valence-corrected chi connectivity index (χ0v) is 13.1. The molecule has 2 rings (SSSR count). The fourth-order valence-corrected chi connectivity index (χ4v) is 2.00. The number of nitrogens with zero attached hydrogens (tertiary/aromatic N) is 1. The van der Waals surface area contributed by atoms with E-state index in [1.54, 1.807) is 24.4 Å². The van der Waals surface area contributed by atoms with Crippen LogP contribution in [-0.4, -0.2) is 42.5 Å². The first-order valence-electron chi connectivity index (χ1n) is 6.45. The van der Waals surface area contributed by atoms with Gasteiger partial charge in [0.05, 0.1) is 6.54 Å². The summed E-state index contributed by atoms with van der Waals surface area (Å²) in [6, 6.07) is 5.24. The Morgan fingerprint density at radius 3 is 2.76 bits per heavy atom. The molecule has 1 saturated heterocycles. The molecular weight excluding hydrogens is 315 g/mol. The predicted octanol–water partition coefficient (Wildman–Crippen LogP) is 0.523. The molecule has 0 spiro atoms. The third-order valence-electron chi connectivity index (χ3n) is 2.97. The molecule has 1 fully saturated rings. The van der Waals surface area contributed by atoms with Gasteiger partial charge < -0.3 is 16.0 Å². The molecule has 1 aliphatic rings. The van der Waals surface area contributed by atoms with Gasteiger partial charge in [-0.3, -0.25) is 14.6 Å². The van der Waals surface area contributed by atoms with E-state index >= 15 is 0 Å². The van der Waals surface area contributed by atoms with E-state index in [9.17, 15) is 9.59 Å². The molecule has 2 amide bonds. The molecule has 0 aliphatic carbocycles. The quantitative estimate of drug-likeness (QED) is 0.749. The molecule has 0 unspecified atom stereocenters. The fraction of sp³-hybridized carbons (Fsp3) is 0.462. The standard InChI is InChI=1S/C13H18N4O2.2ClH/c18-12(17-10-4-3-6-14-8-10)9-16-13(19)11-5-1-2-7-15-11;;/h1-2,5,7,10,14H,3-4,6,8-9H2,(H,16,19)(H,17,18);2*1H/t10-;;/m0../s1. The summed E-state index contributed by atoms with van der Waals surface area (Å²) in [6.07, 6.45) is 3.58. The van der Waals surface area contributed by atoms with Crippen LogP contribution in [0.3, 0.4) is 0 Å². The summed E-state index contributed by atoms with van der Waals surface area (Å²) < 4.78 is 0. The number of hydrogen-bond donors (Lipinski definition) is 3. The molecule has 1 aliphatic heterocycles. The number of carbonyl (C=O) groups excluding carboxylic acids is 2. The smallest absolute Gasteiger partial charge is 0.270 e. The summed E-state index contributed by atoms with van der Waals surface area (Å²) in [4.78, 5) is 27.3. The number of aromatic nitrogens is 1. The average Bonchev–Trinajstić information content (AvgIpc) is 2.47. The molecule has 3 N–H and O–H groups in total. The number of halogens is 2. The Bertz CT molecular complexity index is 439. The number of pyridine rings is 1. The van der Waals surface area contributed by atoms with Crippen molar-refractivity contribution in [3.05, 3.63) is 30.1 Å². The Morgan fingerprint density at radius 1 is 1.33 bits per heavy atom. The monoisotopic (exact) mass is 334 g/mol. The van der Waals surface area contributed by atoms with Gasteiger partial charge in [-0.1, -0.05) is 6.07 Å². The van der Waals surface area contributed by atoms with E-state index in [2.05, 4.69) is 20.9 Å². The number of amides is 2. The van der Waals surface area contributed by atoms with E-state index in [1.165, 1.54) is 0 Å². The largest absolute Gasteiger partial charge is 0.351 e. The molecule has 2 heterocycles. The minimum Gasteiger partial charge on any atom is -0.351 e. The lowest BCUT2D eigenvalue weighted by atomic mass is 10.1. The van der Waals surface area contributed by atoms with E-state index < -0.39 is 0 Å². The van der Waals surface area contributed by atoms with Crippen molar-refractivity contribution in [1.29, 1.82) is 0 Å². The Labute approximate surface area is 136 Å². The summed E-state index contributed by atoms with van der Waals surface area (Å²) in [5.74, 6) is -0.504. The molecule has 1 atom stereocenters. The van der Waals surface area contributed by atoms with Crippen molar-refractivity contribution in [2.75, 3.05) is 19.6 Å². The van der Waals surface area contributed by atoms with Gasteiger partial charge in [-0.2, -0.15) is 0 Å². The van der Waals surface area contributed by atoms with Crippen molar-refractivity contribution in [3.8, 4) is 0 Å². The van der Waals surface area contributed by atoms with Gasteiger partial charge in [0.1, 0.15) is 5.69 Å². The van der Waals surface area contributed by atoms with Crippen LogP contribution in [0.4, 0.5) is 0 Å². The van der Waals surface area contributed by atoms with Crippen molar-refractivity contribution in [2.24, 2.45) is 0 Å². The number of rotatable bonds is 4. The minimum atomic E-state index is -0.336. The summed E-state index contributed by atoms with van der Waals surface area (Å²) in [5.41, 5.74) is 0.314. The topological polar surface area (TPSA) is 83.1 Å². The van der Waals surface area contributed by atoms with Crippen LogP contribution in [0.25, 0.3) is 0 Å². The molecule has 0 bridgehead atoms. The molecule has 6 nitrogen and oxygen atoms in total. The lowest BCUT2D eigenvalue weighted by Crippen LogP contribution is -2.48. The molecular formula is C13H20Cl2N4O2. The van der Waals surface area contributed by atoms with Gasteiger partial charge >= 0.3 is 0 Å². The molecule has 118 valence electrons. The maximum absolute atomic E-state index is 11.7. The number of carbonyl (C=O) groups is 2. The van der Waals surface area contributed by atoms with Crippen molar-refractivity contribution in [1.82, 2.24) is 20.9 Å². The van der Waals surface area contributed by atoms with E-state index in [4.69, 9.17) is 0 Å². The van der Waals surface area contributed by atoms with Crippen LogP contribution in [0.15, 0.2) is 24.4 Å². The zero-order valence-electron chi connectivity index (χ0n) is 11.5. The minimum absolute atomic E-state index is 0. The number of nitrogens with one attached hydrogen (secondary N) is 3. The van der Waals surface area contributed by atoms with Gasteiger partial charge in [-0.25, -0.2) is 0 Å². The van der Waals surface area contributed by atoms with Gasteiger partial charge in [0, 0.05) is 18.8 Å². The highest BCUT2D eigenvalue weighted by Crippen LogP contribution is 2.00. The van der Waals surface area contributed by atoms with Gasteiger partial charge in [0.25, 0.3) is 5.91 Å². The predicted molar refractivity (Wildman–Crippen MR) is 85.1 cm³/mol. The third-order valence-corrected chi connectivity index (χ3v) is 2.97. The van der Waals surface area contributed by atoms with Crippen LogP contribution in [0.5, 0.6) is 0 Å². The highest BCUT2D eigenvalue weighted by atomic mass is 35.5. The Hall–Kier alpha value is -1.37. The maximum atomic E-state index is 11.7. The van der Waals surface area contributed by atoms with Crippen molar-refractivity contribution >= 4 is 36.6 Å². The van der Waals surface area contributed by atoms with Gasteiger partial charge in [-0.15, -0.1) is 24.8 Å². The number of hydrogen-bond acceptors (Lipinski definition) is 4. The van der Waals surface area contributed by atoms with E-state index in [0.717, 1.165) is 25.9 Å². The van der Waals surface area contributed by atoms with E-state index in [1.807, 2.05) is 0 Å². The first-order chi connectivity index (χ1) is 9.25. The van der Waals surface area contributed by atoms with Gasteiger partial charge in [0.2, 0.25) is 5.91 Å². The Kier molecular flexibility index (Phi) is 9.69. The van der Waals surface area contributed by atoms with Crippen molar-refractivity contribution in [3.63, 3.8) is 0 Å². The highest BCUT2D eigenvalue weighted by Gasteiger charge is 2.15. The van der Waals surface area contributed by atoms with Crippen LogP contribution in [-0.2, 0) is 4.79 Å². The summed E-state index contributed by atoms with van der Waals surface area (Å²) >= 11 is 0. The first kappa shape index (κ1) is 19.6. The summed E-state index contributed by atoms with van der Waals surface area (Å²) in [5, 5.41) is 8.66. The van der Waals surface area contributed by atoms with E-state index in [-0.39, 0.29) is 49.2 Å². The molecule has 8 heteroatoms. The second kappa shape index (κ2) is 10.4. The van der Waals surface area contributed by atoms with Crippen LogP contribution in [0, 0.1) is 0 Å². The third kappa shape index (κ3) is 6.75. The first-order valence-corrected chi connectivity index (χ1v) is 6.45. The second-order valence-corrected chi connectivity index (χ2v) is 4.51. The molecule has 0 aromatic carbocycles. The lowest BCUT2D eigenvalue weighted by molar-refractivity contribution is -0.120. The Balaban J connectivity index is 0.00000200.